The van der Waals surface area contributed by atoms with Gasteiger partial charge in [-0.05, 0) is 60.1 Å². The number of carbonyl (C=O) groups is 4. The Bertz CT molecular complexity index is 1800. The Morgan fingerprint density at radius 2 is 1.39 bits per heavy atom. The molecule has 1 aliphatic heterocycles. The number of amides is 3. The monoisotopic (exact) mass is 733 g/mol. The van der Waals surface area contributed by atoms with Crippen LogP contribution in [0.4, 0.5) is 4.79 Å². The van der Waals surface area contributed by atoms with Crippen LogP contribution in [0, 0.1) is 5.92 Å². The first-order chi connectivity index (χ1) is 26.3. The predicted molar refractivity (Wildman–Crippen MR) is 203 cm³/mol. The molecule has 0 spiro atoms. The lowest BCUT2D eigenvalue weighted by molar-refractivity contribution is -0.147. The van der Waals surface area contributed by atoms with Crippen molar-refractivity contribution >= 4 is 23.9 Å². The molecular formula is C43H47N3O8. The van der Waals surface area contributed by atoms with E-state index in [0.29, 0.717) is 25.2 Å². The van der Waals surface area contributed by atoms with Crippen LogP contribution in [0.15, 0.2) is 127 Å². The van der Waals surface area contributed by atoms with Crippen molar-refractivity contribution in [3.8, 4) is 5.75 Å². The largest absolute Gasteiger partial charge is 0.489 e. The number of rotatable bonds is 14. The van der Waals surface area contributed by atoms with E-state index in [0.717, 1.165) is 22.3 Å². The molecule has 4 aromatic rings. The summed E-state index contributed by atoms with van der Waals surface area (Å²) in [5, 5.41) is 18.5. The number of hydrogen-bond acceptors (Lipinski definition) is 8. The van der Waals surface area contributed by atoms with Gasteiger partial charge in [0.15, 0.2) is 0 Å². The number of nitrogens with one attached hydrogen (secondary N) is 3. The van der Waals surface area contributed by atoms with Gasteiger partial charge in [-0.3, -0.25) is 9.59 Å². The van der Waals surface area contributed by atoms with E-state index in [2.05, 4.69) is 16.0 Å². The summed E-state index contributed by atoms with van der Waals surface area (Å²) in [5.74, 6) is -1.50. The second kappa shape index (κ2) is 20.9. The van der Waals surface area contributed by atoms with Crippen molar-refractivity contribution in [2.24, 2.45) is 5.92 Å². The van der Waals surface area contributed by atoms with E-state index in [9.17, 15) is 24.3 Å². The number of carbonyl (C=O) groups excluding carboxylic acids is 4. The van der Waals surface area contributed by atoms with E-state index in [-0.39, 0.29) is 50.9 Å². The Labute approximate surface area is 315 Å². The molecule has 0 aromatic heterocycles. The van der Waals surface area contributed by atoms with Crippen LogP contribution in [0.25, 0.3) is 0 Å². The van der Waals surface area contributed by atoms with E-state index in [1.165, 1.54) is 0 Å². The van der Waals surface area contributed by atoms with Crippen LogP contribution in [-0.4, -0.2) is 60.3 Å². The van der Waals surface area contributed by atoms with Gasteiger partial charge in [-0.25, -0.2) is 9.59 Å². The maximum absolute atomic E-state index is 13.8. The molecule has 4 atom stereocenters. The van der Waals surface area contributed by atoms with Gasteiger partial charge in [0, 0.05) is 6.42 Å². The smallest absolute Gasteiger partial charge is 0.408 e. The highest BCUT2D eigenvalue weighted by molar-refractivity contribution is 5.86. The van der Waals surface area contributed by atoms with Gasteiger partial charge in [-0.15, -0.1) is 0 Å². The van der Waals surface area contributed by atoms with Gasteiger partial charge in [0.1, 0.15) is 31.6 Å². The third-order valence-electron chi connectivity index (χ3n) is 8.89. The average molecular weight is 734 g/mol. The first-order valence-electron chi connectivity index (χ1n) is 18.1. The zero-order chi connectivity index (χ0) is 38.0. The number of cyclic esters (lactones) is 1. The highest BCUT2D eigenvalue weighted by Crippen LogP contribution is 2.18. The minimum atomic E-state index is -1.05. The number of esters is 1. The molecule has 1 aliphatic rings. The molecule has 0 fully saturated rings. The summed E-state index contributed by atoms with van der Waals surface area (Å²) >= 11 is 0. The van der Waals surface area contributed by atoms with Crippen LogP contribution in [-0.2, 0) is 49.9 Å². The van der Waals surface area contributed by atoms with Crippen molar-refractivity contribution in [3.63, 3.8) is 0 Å². The molecule has 5 rings (SSSR count). The Balaban J connectivity index is 1.27. The van der Waals surface area contributed by atoms with Gasteiger partial charge in [-0.2, -0.15) is 0 Å². The van der Waals surface area contributed by atoms with Crippen molar-refractivity contribution in [3.05, 3.63) is 150 Å². The lowest BCUT2D eigenvalue weighted by atomic mass is 9.97. The van der Waals surface area contributed by atoms with Gasteiger partial charge in [0.25, 0.3) is 0 Å². The maximum Gasteiger partial charge on any atom is 0.408 e. The van der Waals surface area contributed by atoms with E-state index in [4.69, 9.17) is 14.2 Å². The zero-order valence-electron chi connectivity index (χ0n) is 30.1. The maximum atomic E-state index is 13.8. The van der Waals surface area contributed by atoms with E-state index >= 15 is 0 Å². The molecule has 1 heterocycles. The highest BCUT2D eigenvalue weighted by atomic mass is 16.6. The highest BCUT2D eigenvalue weighted by Gasteiger charge is 2.28. The Morgan fingerprint density at radius 3 is 2.04 bits per heavy atom. The molecule has 0 radical (unpaired) electrons. The summed E-state index contributed by atoms with van der Waals surface area (Å²) in [6.07, 6.45) is 3.51. The van der Waals surface area contributed by atoms with E-state index in [1.54, 1.807) is 12.2 Å². The van der Waals surface area contributed by atoms with Crippen LogP contribution >= 0.6 is 0 Å². The number of ether oxygens (including phenoxy) is 3. The second-order valence-corrected chi connectivity index (χ2v) is 13.2. The summed E-state index contributed by atoms with van der Waals surface area (Å²) in [6.45, 7) is 0.00269. The topological polar surface area (TPSA) is 152 Å². The van der Waals surface area contributed by atoms with E-state index < -0.39 is 36.1 Å². The molecule has 11 heteroatoms. The Morgan fingerprint density at radius 1 is 0.778 bits per heavy atom. The van der Waals surface area contributed by atoms with Crippen LogP contribution in [0.1, 0.15) is 41.5 Å². The number of benzene rings is 4. The third-order valence-corrected chi connectivity index (χ3v) is 8.89. The standard InChI is InChI=1S/C43H47N3O8/c47-27-36(24-31-12-4-1-5-13-31)44-40(48)26-35-18-10-11-19-39(46-43(51)54-29-34-16-8-3-9-17-34)42(50)53-30-37(45-41(35)49)25-32-20-22-38(23-21-32)52-28-33-14-6-2-7-15-33/h1-17,20-23,35-37,39,47H,18-19,24-30H2,(H,44,48)(H,45,49)(H,46,51)/t35-,36-,37+,39-/m1/s1. The SMILES string of the molecule is O=C(C[C@H]1CC=CC[C@@H](NC(=O)OCc2ccccc2)C(=O)OC[C@H](Cc2ccc(OCc3ccccc3)cc2)NC1=O)N[C@@H](CO)Cc1ccccc1. The van der Waals surface area contributed by atoms with Gasteiger partial charge in [-0.1, -0.05) is 115 Å². The molecule has 54 heavy (non-hydrogen) atoms. The zero-order valence-corrected chi connectivity index (χ0v) is 30.1. The van der Waals surface area contributed by atoms with Crippen molar-refractivity contribution < 1.29 is 38.5 Å². The van der Waals surface area contributed by atoms with Crippen LogP contribution in [0.3, 0.4) is 0 Å². The molecule has 3 amide bonds. The van der Waals surface area contributed by atoms with Gasteiger partial charge in [0.2, 0.25) is 11.8 Å². The first kappa shape index (κ1) is 39.3. The molecule has 0 bridgehead atoms. The van der Waals surface area contributed by atoms with E-state index in [1.807, 2.05) is 115 Å². The molecule has 0 saturated carbocycles. The van der Waals surface area contributed by atoms with Crippen molar-refractivity contribution in [1.82, 2.24) is 16.0 Å². The van der Waals surface area contributed by atoms with Crippen molar-refractivity contribution in [2.45, 2.75) is 63.4 Å². The molecule has 0 aliphatic carbocycles. The van der Waals surface area contributed by atoms with Gasteiger partial charge >= 0.3 is 12.1 Å². The molecule has 282 valence electrons. The average Bonchev–Trinajstić information content (AvgIpc) is 3.19. The van der Waals surface area contributed by atoms with Crippen LogP contribution in [0.5, 0.6) is 5.75 Å². The number of alkyl carbamates (subject to hydrolysis) is 1. The fourth-order valence-corrected chi connectivity index (χ4v) is 5.97. The summed E-state index contributed by atoms with van der Waals surface area (Å²) in [7, 11) is 0. The van der Waals surface area contributed by atoms with Crippen LogP contribution in [0.2, 0.25) is 0 Å². The number of hydrogen-bond donors (Lipinski definition) is 4. The molecular weight excluding hydrogens is 686 g/mol. The molecule has 0 saturated heterocycles. The Hall–Kier alpha value is -5.94. The molecule has 11 nitrogen and oxygen atoms in total. The minimum Gasteiger partial charge on any atom is -0.489 e. The van der Waals surface area contributed by atoms with Gasteiger partial charge in [0.05, 0.1) is 24.6 Å². The van der Waals surface area contributed by atoms with Crippen LogP contribution < -0.4 is 20.7 Å². The second-order valence-electron chi connectivity index (χ2n) is 13.2. The van der Waals surface area contributed by atoms with Crippen molar-refractivity contribution in [1.29, 1.82) is 0 Å². The molecule has 4 aromatic carbocycles. The third kappa shape index (κ3) is 13.2. The fraction of sp³-hybridized carbons (Fsp3) is 0.302. The molecule has 0 unspecified atom stereocenters. The summed E-state index contributed by atoms with van der Waals surface area (Å²) in [5.41, 5.74) is 3.65. The minimum absolute atomic E-state index is 0.0285. The number of aliphatic hydroxyl groups excluding tert-OH is 1. The lowest BCUT2D eigenvalue weighted by Gasteiger charge is -2.25. The predicted octanol–water partition coefficient (Wildman–Crippen LogP) is 5.21. The summed E-state index contributed by atoms with van der Waals surface area (Å²) in [4.78, 5) is 53.0. The fourth-order valence-electron chi connectivity index (χ4n) is 5.97. The van der Waals surface area contributed by atoms with Gasteiger partial charge < -0.3 is 35.3 Å². The normalized spacial score (nSPS) is 18.1. The lowest BCUT2D eigenvalue weighted by Crippen LogP contribution is -2.47. The quantitative estimate of drug-likeness (QED) is 0.102. The number of allylic oxidation sites excluding steroid dienone is 1. The summed E-state index contributed by atoms with van der Waals surface area (Å²) in [6, 6.07) is 33.7. The number of aliphatic hydroxyl groups is 1. The summed E-state index contributed by atoms with van der Waals surface area (Å²) < 4.78 is 17.0. The molecule has 4 N–H and O–H groups in total. The first-order valence-corrected chi connectivity index (χ1v) is 18.1. The van der Waals surface area contributed by atoms with Crippen molar-refractivity contribution in [2.75, 3.05) is 13.2 Å². The Kier molecular flexibility index (Phi) is 15.2.